The molecule has 0 radical (unpaired) electrons. The van der Waals surface area contributed by atoms with Crippen LogP contribution in [0.4, 0.5) is 0 Å². The molecule has 0 spiro atoms. The maximum absolute atomic E-state index is 6.34. The Kier molecular flexibility index (Phi) is 3.49. The number of thioether (sulfide) groups is 1. The molecule has 0 amide bonds. The van der Waals surface area contributed by atoms with Crippen LogP contribution in [0.2, 0.25) is 0 Å². The lowest BCUT2D eigenvalue weighted by atomic mass is 9.99. The topological polar surface area (TPSA) is 26.0 Å². The summed E-state index contributed by atoms with van der Waals surface area (Å²) in [5.41, 5.74) is 7.70. The molecule has 2 heteroatoms. The SMILES string of the molecule is CC(C)(C)SC(C)(N)C1=CC=CCC1. The molecule has 0 saturated carbocycles. The highest BCUT2D eigenvalue weighted by atomic mass is 32.2. The Morgan fingerprint density at radius 3 is 2.36 bits per heavy atom. The van der Waals surface area contributed by atoms with Crippen LogP contribution in [0.15, 0.2) is 23.8 Å². The molecule has 0 heterocycles. The lowest BCUT2D eigenvalue weighted by molar-refractivity contribution is 0.700. The van der Waals surface area contributed by atoms with Crippen molar-refractivity contribution in [2.45, 2.75) is 50.2 Å². The zero-order valence-electron chi connectivity index (χ0n) is 9.63. The molecule has 0 aromatic heterocycles. The first-order chi connectivity index (χ1) is 6.31. The first-order valence-corrected chi connectivity index (χ1v) is 5.98. The van der Waals surface area contributed by atoms with Gasteiger partial charge < -0.3 is 5.73 Å². The van der Waals surface area contributed by atoms with Crippen molar-refractivity contribution in [3.8, 4) is 0 Å². The fourth-order valence-electron chi connectivity index (χ4n) is 1.72. The van der Waals surface area contributed by atoms with Crippen LogP contribution >= 0.6 is 11.8 Å². The molecular weight excluding hydrogens is 190 g/mol. The smallest absolute Gasteiger partial charge is 0.0816 e. The number of allylic oxidation sites excluding steroid dienone is 3. The molecule has 80 valence electrons. The summed E-state index contributed by atoms with van der Waals surface area (Å²) >= 11 is 1.84. The van der Waals surface area contributed by atoms with Gasteiger partial charge in [0.25, 0.3) is 0 Å². The van der Waals surface area contributed by atoms with Gasteiger partial charge >= 0.3 is 0 Å². The van der Waals surface area contributed by atoms with E-state index in [2.05, 4.69) is 45.9 Å². The second kappa shape index (κ2) is 4.11. The van der Waals surface area contributed by atoms with Crippen molar-refractivity contribution < 1.29 is 0 Å². The van der Waals surface area contributed by atoms with Crippen LogP contribution in [0, 0.1) is 0 Å². The average Bonchev–Trinajstić information content (AvgIpc) is 2.01. The summed E-state index contributed by atoms with van der Waals surface area (Å²) < 4.78 is 0.214. The van der Waals surface area contributed by atoms with Crippen molar-refractivity contribution in [3.63, 3.8) is 0 Å². The Bertz CT molecular complexity index is 256. The minimum atomic E-state index is -0.219. The summed E-state index contributed by atoms with van der Waals surface area (Å²) in [5.74, 6) is 0. The molecule has 14 heavy (non-hydrogen) atoms. The number of hydrogen-bond donors (Lipinski definition) is 1. The Labute approximate surface area is 91.8 Å². The highest BCUT2D eigenvalue weighted by Crippen LogP contribution is 2.39. The lowest BCUT2D eigenvalue weighted by Crippen LogP contribution is -2.38. The van der Waals surface area contributed by atoms with E-state index in [0.29, 0.717) is 0 Å². The van der Waals surface area contributed by atoms with Gasteiger partial charge in [-0.1, -0.05) is 39.0 Å². The molecule has 0 fully saturated rings. The van der Waals surface area contributed by atoms with Crippen LogP contribution in [0.3, 0.4) is 0 Å². The molecule has 0 aromatic carbocycles. The normalized spacial score (nSPS) is 21.6. The predicted molar refractivity (Wildman–Crippen MR) is 66.4 cm³/mol. The van der Waals surface area contributed by atoms with E-state index in [1.165, 1.54) is 5.57 Å². The van der Waals surface area contributed by atoms with E-state index < -0.39 is 0 Å². The summed E-state index contributed by atoms with van der Waals surface area (Å²) in [6, 6.07) is 0. The van der Waals surface area contributed by atoms with Crippen LogP contribution in [0.5, 0.6) is 0 Å². The van der Waals surface area contributed by atoms with Crippen molar-refractivity contribution in [1.82, 2.24) is 0 Å². The molecule has 1 unspecified atom stereocenters. The van der Waals surface area contributed by atoms with Gasteiger partial charge in [-0.25, -0.2) is 0 Å². The third kappa shape index (κ3) is 3.50. The third-order valence-corrected chi connectivity index (χ3v) is 3.47. The second-order valence-corrected chi connectivity index (χ2v) is 7.26. The second-order valence-electron chi connectivity index (χ2n) is 4.98. The molecule has 1 atom stereocenters. The quantitative estimate of drug-likeness (QED) is 0.708. The van der Waals surface area contributed by atoms with E-state index in [1.807, 2.05) is 11.8 Å². The molecular formula is C12H21NS. The van der Waals surface area contributed by atoms with E-state index in [9.17, 15) is 0 Å². The minimum absolute atomic E-state index is 0.214. The van der Waals surface area contributed by atoms with Gasteiger partial charge in [0, 0.05) is 4.75 Å². The van der Waals surface area contributed by atoms with Gasteiger partial charge in [0.1, 0.15) is 0 Å². The van der Waals surface area contributed by atoms with Crippen LogP contribution in [-0.2, 0) is 0 Å². The van der Waals surface area contributed by atoms with Crippen LogP contribution in [0.1, 0.15) is 40.5 Å². The van der Waals surface area contributed by atoms with Crippen molar-refractivity contribution in [2.24, 2.45) is 5.73 Å². The predicted octanol–water partition coefficient (Wildman–Crippen LogP) is 3.47. The third-order valence-electron chi connectivity index (χ3n) is 2.17. The first kappa shape index (κ1) is 11.9. The standard InChI is InChI=1S/C12H21NS/c1-11(2,3)14-12(4,13)10-8-6-5-7-9-10/h5-6,8H,7,9,13H2,1-4H3. The molecule has 1 aliphatic rings. The van der Waals surface area contributed by atoms with Crippen molar-refractivity contribution in [2.75, 3.05) is 0 Å². The van der Waals surface area contributed by atoms with Gasteiger partial charge in [-0.2, -0.15) is 0 Å². The molecule has 1 aliphatic carbocycles. The van der Waals surface area contributed by atoms with Gasteiger partial charge in [-0.3, -0.25) is 0 Å². The molecule has 0 aromatic rings. The maximum Gasteiger partial charge on any atom is 0.0816 e. The largest absolute Gasteiger partial charge is 0.314 e. The zero-order chi connectivity index (χ0) is 10.8. The Morgan fingerprint density at radius 2 is 1.93 bits per heavy atom. The van der Waals surface area contributed by atoms with Gasteiger partial charge in [-0.05, 0) is 25.3 Å². The monoisotopic (exact) mass is 211 g/mol. The highest BCUT2D eigenvalue weighted by Gasteiger charge is 2.30. The molecule has 2 N–H and O–H groups in total. The Morgan fingerprint density at radius 1 is 1.29 bits per heavy atom. The molecule has 1 nitrogen and oxygen atoms in total. The zero-order valence-corrected chi connectivity index (χ0v) is 10.4. The molecule has 0 bridgehead atoms. The average molecular weight is 211 g/mol. The highest BCUT2D eigenvalue weighted by molar-refractivity contribution is 8.02. The fraction of sp³-hybridized carbons (Fsp3) is 0.667. The van der Waals surface area contributed by atoms with E-state index in [4.69, 9.17) is 5.73 Å². The summed E-state index contributed by atoms with van der Waals surface area (Å²) in [6.45, 7) is 8.75. The maximum atomic E-state index is 6.34. The summed E-state index contributed by atoms with van der Waals surface area (Å²) in [4.78, 5) is -0.219. The van der Waals surface area contributed by atoms with Gasteiger partial charge in [-0.15, -0.1) is 11.8 Å². The summed E-state index contributed by atoms with van der Waals surface area (Å²) in [6.07, 6.45) is 8.71. The van der Waals surface area contributed by atoms with E-state index >= 15 is 0 Å². The first-order valence-electron chi connectivity index (χ1n) is 5.16. The molecule has 1 rings (SSSR count). The van der Waals surface area contributed by atoms with E-state index in [-0.39, 0.29) is 9.62 Å². The number of rotatable bonds is 2. The van der Waals surface area contributed by atoms with E-state index in [1.54, 1.807) is 0 Å². The Hall–Kier alpha value is -0.210. The molecule has 0 saturated heterocycles. The van der Waals surface area contributed by atoms with Crippen molar-refractivity contribution >= 4 is 11.8 Å². The van der Waals surface area contributed by atoms with Gasteiger partial charge in [0.2, 0.25) is 0 Å². The summed E-state index contributed by atoms with van der Waals surface area (Å²) in [7, 11) is 0. The number of hydrogen-bond acceptors (Lipinski definition) is 2. The van der Waals surface area contributed by atoms with Crippen molar-refractivity contribution in [3.05, 3.63) is 23.8 Å². The van der Waals surface area contributed by atoms with E-state index in [0.717, 1.165) is 12.8 Å². The van der Waals surface area contributed by atoms with Crippen LogP contribution < -0.4 is 5.73 Å². The van der Waals surface area contributed by atoms with Crippen molar-refractivity contribution in [1.29, 1.82) is 0 Å². The summed E-state index contributed by atoms with van der Waals surface area (Å²) in [5, 5.41) is 0. The Balaban J connectivity index is 2.74. The number of nitrogens with two attached hydrogens (primary N) is 1. The van der Waals surface area contributed by atoms with Gasteiger partial charge in [0.15, 0.2) is 0 Å². The minimum Gasteiger partial charge on any atom is -0.314 e. The molecule has 0 aliphatic heterocycles. The lowest BCUT2D eigenvalue weighted by Gasteiger charge is -2.34. The van der Waals surface area contributed by atoms with Gasteiger partial charge in [0.05, 0.1) is 4.87 Å². The van der Waals surface area contributed by atoms with Crippen LogP contribution in [0.25, 0.3) is 0 Å². The van der Waals surface area contributed by atoms with Crippen LogP contribution in [-0.4, -0.2) is 9.62 Å². The fourth-order valence-corrected chi connectivity index (χ4v) is 3.29.